The van der Waals surface area contributed by atoms with Crippen molar-refractivity contribution >= 4 is 48.9 Å². The second-order valence-corrected chi connectivity index (χ2v) is 10.7. The van der Waals surface area contributed by atoms with E-state index in [1.54, 1.807) is 0 Å². The van der Waals surface area contributed by atoms with Gasteiger partial charge in [0.15, 0.2) is 0 Å². The number of hydrogen-bond acceptors (Lipinski definition) is 3. The van der Waals surface area contributed by atoms with E-state index in [0.717, 1.165) is 17.3 Å². The molecule has 4 unspecified atom stereocenters. The summed E-state index contributed by atoms with van der Waals surface area (Å²) in [4.78, 5) is 0. The number of rotatable bonds is 4. The van der Waals surface area contributed by atoms with Gasteiger partial charge in [0.25, 0.3) is 0 Å². The number of sulfonamides is 1. The van der Waals surface area contributed by atoms with E-state index in [4.69, 9.17) is 11.6 Å². The van der Waals surface area contributed by atoms with Gasteiger partial charge in [0.2, 0.25) is 10.0 Å². The van der Waals surface area contributed by atoms with Crippen LogP contribution in [0.15, 0.2) is 14.1 Å². The summed E-state index contributed by atoms with van der Waals surface area (Å²) < 4.78 is 28.6. The first-order valence-corrected chi connectivity index (χ1v) is 10.3. The van der Waals surface area contributed by atoms with Gasteiger partial charge in [0, 0.05) is 6.04 Å². The molecule has 2 fully saturated rings. The highest BCUT2D eigenvalue weighted by Crippen LogP contribution is 2.49. The first kappa shape index (κ1) is 15.3. The van der Waals surface area contributed by atoms with Crippen LogP contribution < -0.4 is 4.72 Å². The van der Waals surface area contributed by atoms with E-state index in [9.17, 15) is 8.42 Å². The third-order valence-corrected chi connectivity index (χ3v) is 9.17. The summed E-state index contributed by atoms with van der Waals surface area (Å²) in [7, 11) is -3.46. The van der Waals surface area contributed by atoms with Crippen molar-refractivity contribution < 1.29 is 8.42 Å². The lowest BCUT2D eigenvalue weighted by Gasteiger charge is -2.28. The van der Waals surface area contributed by atoms with Crippen molar-refractivity contribution in [3.63, 3.8) is 0 Å². The Balaban J connectivity index is 1.73. The third kappa shape index (κ3) is 2.82. The molecular weight excluding hydrogens is 382 g/mol. The molecule has 1 N–H and O–H groups in total. The van der Waals surface area contributed by atoms with Crippen LogP contribution in [0.5, 0.6) is 0 Å². The second kappa shape index (κ2) is 5.54. The molecule has 112 valence electrons. The lowest BCUT2D eigenvalue weighted by atomic mass is 9.84. The first-order valence-electron chi connectivity index (χ1n) is 6.84. The van der Waals surface area contributed by atoms with Gasteiger partial charge in [0.05, 0.1) is 8.81 Å². The molecule has 1 aromatic heterocycles. The highest BCUT2D eigenvalue weighted by atomic mass is 79.9. The Bertz CT molecular complexity index is 596. The second-order valence-electron chi connectivity index (χ2n) is 5.94. The fourth-order valence-electron chi connectivity index (χ4n) is 3.76. The number of fused-ring (bicyclic) bond motifs is 2. The summed E-state index contributed by atoms with van der Waals surface area (Å²) in [6, 6.07) is 1.50. The molecule has 7 heteroatoms. The minimum absolute atomic E-state index is 0.00467. The van der Waals surface area contributed by atoms with Crippen LogP contribution in [-0.4, -0.2) is 14.5 Å². The molecule has 4 atom stereocenters. The Morgan fingerprint density at radius 3 is 2.70 bits per heavy atom. The third-order valence-electron chi connectivity index (χ3n) is 4.66. The standard InChI is InChI=1S/C13H17BrClNO2S2/c1-7(10-5-8-2-3-9(10)4-8)16-20(17,18)12-6-11(15)13(14)19-12/h6-10,16H,2-5H2,1H3. The molecule has 0 spiro atoms. The van der Waals surface area contributed by atoms with E-state index >= 15 is 0 Å². The summed E-state index contributed by atoms with van der Waals surface area (Å²) in [5.74, 6) is 2.01. The van der Waals surface area contributed by atoms with Gasteiger partial charge in [-0.05, 0) is 65.9 Å². The smallest absolute Gasteiger partial charge is 0.207 e. The number of hydrogen-bond donors (Lipinski definition) is 1. The molecular formula is C13H17BrClNO2S2. The molecule has 0 amide bonds. The first-order chi connectivity index (χ1) is 9.37. The zero-order valence-corrected chi connectivity index (χ0v) is 15.1. The molecule has 3 nitrogen and oxygen atoms in total. The molecule has 2 aliphatic rings. The van der Waals surface area contributed by atoms with Gasteiger partial charge in [0.1, 0.15) is 4.21 Å². The molecule has 0 aromatic carbocycles. The molecule has 1 heterocycles. The highest BCUT2D eigenvalue weighted by Gasteiger charge is 2.42. The number of halogens is 2. The Morgan fingerprint density at radius 2 is 2.20 bits per heavy atom. The molecule has 2 aliphatic carbocycles. The van der Waals surface area contributed by atoms with E-state index in [2.05, 4.69) is 20.7 Å². The van der Waals surface area contributed by atoms with Gasteiger partial charge in [-0.1, -0.05) is 18.0 Å². The molecule has 0 aliphatic heterocycles. The molecule has 2 bridgehead atoms. The van der Waals surface area contributed by atoms with Crippen molar-refractivity contribution in [2.75, 3.05) is 0 Å². The van der Waals surface area contributed by atoms with Gasteiger partial charge < -0.3 is 0 Å². The number of thiophene rings is 1. The molecule has 2 saturated carbocycles. The van der Waals surface area contributed by atoms with Crippen LogP contribution in [0.25, 0.3) is 0 Å². The lowest BCUT2D eigenvalue weighted by Crippen LogP contribution is -2.39. The Labute approximate surface area is 137 Å². The summed E-state index contributed by atoms with van der Waals surface area (Å²) in [5, 5.41) is 0.447. The topological polar surface area (TPSA) is 46.2 Å². The molecule has 0 radical (unpaired) electrons. The van der Waals surface area contributed by atoms with Crippen LogP contribution in [-0.2, 0) is 10.0 Å². The van der Waals surface area contributed by atoms with Gasteiger partial charge >= 0.3 is 0 Å². The fraction of sp³-hybridized carbons (Fsp3) is 0.692. The minimum Gasteiger partial charge on any atom is -0.207 e. The lowest BCUT2D eigenvalue weighted by molar-refractivity contribution is 0.280. The van der Waals surface area contributed by atoms with Gasteiger partial charge in [-0.25, -0.2) is 13.1 Å². The molecule has 0 saturated heterocycles. The van der Waals surface area contributed by atoms with Crippen molar-refractivity contribution in [1.82, 2.24) is 4.72 Å². The van der Waals surface area contributed by atoms with E-state index < -0.39 is 10.0 Å². The van der Waals surface area contributed by atoms with Crippen molar-refractivity contribution in [3.8, 4) is 0 Å². The monoisotopic (exact) mass is 397 g/mol. The van der Waals surface area contributed by atoms with Crippen molar-refractivity contribution in [2.45, 2.75) is 42.9 Å². The van der Waals surface area contributed by atoms with Gasteiger partial charge in [-0.3, -0.25) is 0 Å². The largest absolute Gasteiger partial charge is 0.250 e. The maximum Gasteiger partial charge on any atom is 0.250 e. The maximum atomic E-state index is 12.4. The van der Waals surface area contributed by atoms with Crippen LogP contribution >= 0.6 is 38.9 Å². The molecule has 1 aromatic rings. The van der Waals surface area contributed by atoms with E-state index in [-0.39, 0.29) is 10.3 Å². The molecule has 3 rings (SSSR count). The highest BCUT2D eigenvalue weighted by molar-refractivity contribution is 9.11. The van der Waals surface area contributed by atoms with Crippen molar-refractivity contribution in [3.05, 3.63) is 14.9 Å². The zero-order valence-electron chi connectivity index (χ0n) is 11.1. The summed E-state index contributed by atoms with van der Waals surface area (Å²) >= 11 is 10.3. The Morgan fingerprint density at radius 1 is 1.45 bits per heavy atom. The van der Waals surface area contributed by atoms with Crippen LogP contribution in [0.2, 0.25) is 5.02 Å². The van der Waals surface area contributed by atoms with Crippen molar-refractivity contribution in [1.29, 1.82) is 0 Å². The van der Waals surface area contributed by atoms with Crippen LogP contribution in [0.4, 0.5) is 0 Å². The van der Waals surface area contributed by atoms with Gasteiger partial charge in [-0.2, -0.15) is 0 Å². The predicted octanol–water partition coefficient (Wildman–Crippen LogP) is 4.27. The van der Waals surface area contributed by atoms with Crippen LogP contribution in [0.3, 0.4) is 0 Å². The summed E-state index contributed by atoms with van der Waals surface area (Å²) in [6.45, 7) is 1.99. The maximum absolute atomic E-state index is 12.4. The average molecular weight is 399 g/mol. The predicted molar refractivity (Wildman–Crippen MR) is 85.8 cm³/mol. The quantitative estimate of drug-likeness (QED) is 0.823. The van der Waals surface area contributed by atoms with E-state index in [1.807, 2.05) is 6.92 Å². The normalized spacial score (nSPS) is 30.9. The Hall–Kier alpha value is 0.380. The zero-order chi connectivity index (χ0) is 14.5. The van der Waals surface area contributed by atoms with Gasteiger partial charge in [-0.15, -0.1) is 11.3 Å². The van der Waals surface area contributed by atoms with E-state index in [1.165, 1.54) is 31.7 Å². The van der Waals surface area contributed by atoms with E-state index in [0.29, 0.717) is 20.6 Å². The van der Waals surface area contributed by atoms with Crippen LogP contribution in [0, 0.1) is 17.8 Å². The Kier molecular flexibility index (Phi) is 4.23. The van der Waals surface area contributed by atoms with Crippen molar-refractivity contribution in [2.24, 2.45) is 17.8 Å². The SMILES string of the molecule is CC(NS(=O)(=O)c1cc(Cl)c(Br)s1)C1CC2CCC1C2. The average Bonchev–Trinajstić information content (AvgIpc) is 3.05. The summed E-state index contributed by atoms with van der Waals surface area (Å²) in [6.07, 6.45) is 5.04. The van der Waals surface area contributed by atoms with Crippen LogP contribution in [0.1, 0.15) is 32.6 Å². The minimum atomic E-state index is -3.46. The molecule has 20 heavy (non-hydrogen) atoms. The fourth-order valence-corrected chi connectivity index (χ4v) is 7.47. The summed E-state index contributed by atoms with van der Waals surface area (Å²) in [5.41, 5.74) is 0. The number of nitrogens with one attached hydrogen (secondary N) is 1.